The maximum atomic E-state index is 12.8. The smallest absolute Gasteiger partial charge is 0.227 e. The number of aromatic nitrogens is 2. The molecule has 3 heterocycles. The minimum absolute atomic E-state index is 0.00274. The molecule has 0 saturated carbocycles. The van der Waals surface area contributed by atoms with Crippen molar-refractivity contribution in [1.29, 1.82) is 0 Å². The molecule has 2 unspecified atom stereocenters. The molecule has 1 amide bonds. The number of halogens is 1. The van der Waals surface area contributed by atoms with Crippen molar-refractivity contribution in [2.24, 2.45) is 5.92 Å². The molecule has 3 aromatic rings. The lowest BCUT2D eigenvalue weighted by Gasteiger charge is -2.31. The lowest BCUT2D eigenvalue weighted by molar-refractivity contribution is -0.117. The topological polar surface area (TPSA) is 87.6 Å². The zero-order chi connectivity index (χ0) is 23.3. The van der Waals surface area contributed by atoms with Crippen molar-refractivity contribution in [2.75, 3.05) is 28.6 Å². The molecule has 33 heavy (non-hydrogen) atoms. The van der Waals surface area contributed by atoms with Crippen LogP contribution in [0.5, 0.6) is 0 Å². The maximum absolute atomic E-state index is 12.8. The average molecular weight is 466 g/mol. The summed E-state index contributed by atoms with van der Waals surface area (Å²) in [5.74, 6) is -0.220. The van der Waals surface area contributed by atoms with Crippen LogP contribution in [0.2, 0.25) is 5.02 Å². The van der Waals surface area contributed by atoms with Crippen LogP contribution < -0.4 is 15.5 Å². The summed E-state index contributed by atoms with van der Waals surface area (Å²) < 4.78 is 1.98. The van der Waals surface area contributed by atoms with Gasteiger partial charge in [-0.05, 0) is 41.5 Å². The van der Waals surface area contributed by atoms with Gasteiger partial charge in [0.15, 0.2) is 0 Å². The molecule has 2 aliphatic rings. The van der Waals surface area contributed by atoms with E-state index >= 15 is 0 Å². The molecule has 172 valence electrons. The van der Waals surface area contributed by atoms with E-state index in [1.807, 2.05) is 33.9 Å². The number of amides is 1. The third-order valence-electron chi connectivity index (χ3n) is 6.76. The highest BCUT2D eigenvalue weighted by atomic mass is 35.5. The molecule has 8 heteroatoms. The Kier molecular flexibility index (Phi) is 5.34. The predicted octanol–water partition coefficient (Wildman–Crippen LogP) is 3.64. The molecular weight excluding hydrogens is 438 g/mol. The summed E-state index contributed by atoms with van der Waals surface area (Å²) in [6, 6.07) is 11.4. The second kappa shape index (κ2) is 8.08. The summed E-state index contributed by atoms with van der Waals surface area (Å²) >= 11 is 6.67. The summed E-state index contributed by atoms with van der Waals surface area (Å²) in [5.41, 5.74) is 10.2. The van der Waals surface area contributed by atoms with Gasteiger partial charge >= 0.3 is 0 Å². The molecule has 3 N–H and O–H groups in total. The Morgan fingerprint density at radius 2 is 2.12 bits per heavy atom. The highest BCUT2D eigenvalue weighted by Crippen LogP contribution is 2.45. The fourth-order valence-corrected chi connectivity index (χ4v) is 5.27. The van der Waals surface area contributed by atoms with Gasteiger partial charge < -0.3 is 25.2 Å². The number of rotatable bonds is 5. The van der Waals surface area contributed by atoms with Gasteiger partial charge in [0.1, 0.15) is 6.23 Å². The number of carbonyl (C=O) groups excluding carboxylic acids is 1. The van der Waals surface area contributed by atoms with E-state index in [9.17, 15) is 9.90 Å². The molecule has 0 bridgehead atoms. The Morgan fingerprint density at radius 1 is 1.30 bits per heavy atom. The van der Waals surface area contributed by atoms with E-state index in [4.69, 9.17) is 17.3 Å². The molecule has 2 aromatic carbocycles. The first-order valence-electron chi connectivity index (χ1n) is 11.1. The zero-order valence-corrected chi connectivity index (χ0v) is 19.5. The molecular formula is C25H28ClN5O2. The minimum atomic E-state index is -0.795. The van der Waals surface area contributed by atoms with Crippen molar-refractivity contribution in [3.8, 4) is 0 Å². The number of imidazole rings is 1. The monoisotopic (exact) mass is 465 g/mol. The maximum Gasteiger partial charge on any atom is 0.227 e. The van der Waals surface area contributed by atoms with Crippen LogP contribution in [0.3, 0.4) is 0 Å². The van der Waals surface area contributed by atoms with E-state index in [1.165, 1.54) is 0 Å². The van der Waals surface area contributed by atoms with Gasteiger partial charge in [-0.1, -0.05) is 31.5 Å². The van der Waals surface area contributed by atoms with E-state index in [0.29, 0.717) is 30.3 Å². The van der Waals surface area contributed by atoms with Gasteiger partial charge in [0, 0.05) is 71.9 Å². The second-order valence-corrected chi connectivity index (χ2v) is 10.1. The van der Waals surface area contributed by atoms with E-state index in [1.54, 1.807) is 29.6 Å². The molecule has 0 radical (unpaired) electrons. The summed E-state index contributed by atoms with van der Waals surface area (Å²) in [6.45, 7) is 6.08. The predicted molar refractivity (Wildman–Crippen MR) is 130 cm³/mol. The van der Waals surface area contributed by atoms with E-state index in [0.717, 1.165) is 22.5 Å². The number of aliphatic hydroxyl groups excluding tert-OH is 1. The van der Waals surface area contributed by atoms with Gasteiger partial charge in [-0.15, -0.1) is 0 Å². The molecule has 2 atom stereocenters. The molecule has 1 saturated heterocycles. The van der Waals surface area contributed by atoms with Crippen molar-refractivity contribution in [3.63, 3.8) is 0 Å². The van der Waals surface area contributed by atoms with Crippen LogP contribution in [0.1, 0.15) is 31.4 Å². The Labute approximate surface area is 198 Å². The second-order valence-electron chi connectivity index (χ2n) is 9.68. The van der Waals surface area contributed by atoms with Gasteiger partial charge in [-0.2, -0.15) is 0 Å². The van der Waals surface area contributed by atoms with Gasteiger partial charge in [-0.3, -0.25) is 4.79 Å². The molecule has 5 rings (SSSR count). The first-order chi connectivity index (χ1) is 15.7. The van der Waals surface area contributed by atoms with Crippen LogP contribution in [0.15, 0.2) is 55.1 Å². The third-order valence-corrected chi connectivity index (χ3v) is 7.11. The van der Waals surface area contributed by atoms with E-state index < -0.39 is 6.23 Å². The van der Waals surface area contributed by atoms with Crippen LogP contribution in [-0.4, -0.2) is 39.9 Å². The van der Waals surface area contributed by atoms with Crippen molar-refractivity contribution in [3.05, 3.63) is 71.3 Å². The van der Waals surface area contributed by atoms with Crippen molar-refractivity contribution < 1.29 is 9.90 Å². The Morgan fingerprint density at radius 3 is 2.85 bits per heavy atom. The summed E-state index contributed by atoms with van der Waals surface area (Å²) in [4.78, 5) is 20.6. The Hall–Kier alpha value is -3.03. The number of aliphatic hydroxyl groups is 1. The molecule has 1 aromatic heterocycles. The van der Waals surface area contributed by atoms with E-state index in [-0.39, 0.29) is 23.7 Å². The summed E-state index contributed by atoms with van der Waals surface area (Å²) in [5, 5.41) is 12.1. The quantitative estimate of drug-likeness (QED) is 0.562. The number of benzene rings is 2. The number of nitrogen functional groups attached to an aromatic ring is 1. The molecule has 1 fully saturated rings. The van der Waals surface area contributed by atoms with Crippen molar-refractivity contribution >= 4 is 34.6 Å². The normalized spacial score (nSPS) is 20.4. The standard InChI is InChI=1S/C25H28ClN5O2/c1-25(2)14-31(22-11-21(26)16(8-20(22)25)12-29-7-6-28-15-29)24(33)17-9-23(32)30(13-17)19-5-3-4-18(27)10-19/h3-8,10-11,15,17,24,33H,9,12-14,27H2,1-2H3. The van der Waals surface area contributed by atoms with Crippen molar-refractivity contribution in [2.45, 2.75) is 38.5 Å². The number of nitrogens with zero attached hydrogens (tertiary/aromatic N) is 4. The first kappa shape index (κ1) is 21.8. The van der Waals surface area contributed by atoms with Crippen LogP contribution >= 0.6 is 11.6 Å². The molecule has 2 aliphatic heterocycles. The Bertz CT molecular complexity index is 1190. The number of hydrogen-bond acceptors (Lipinski definition) is 5. The van der Waals surface area contributed by atoms with E-state index in [2.05, 4.69) is 24.9 Å². The van der Waals surface area contributed by atoms with Gasteiger partial charge in [-0.25, -0.2) is 4.98 Å². The fraction of sp³-hybridized carbons (Fsp3) is 0.360. The van der Waals surface area contributed by atoms with Gasteiger partial charge in [0.2, 0.25) is 5.91 Å². The molecule has 0 aliphatic carbocycles. The lowest BCUT2D eigenvalue weighted by Crippen LogP contribution is -2.43. The van der Waals surface area contributed by atoms with Gasteiger partial charge in [0.05, 0.1) is 6.33 Å². The minimum Gasteiger partial charge on any atom is -0.399 e. The highest BCUT2D eigenvalue weighted by molar-refractivity contribution is 6.31. The van der Waals surface area contributed by atoms with Crippen molar-refractivity contribution in [1.82, 2.24) is 9.55 Å². The number of hydrogen-bond donors (Lipinski definition) is 2. The zero-order valence-electron chi connectivity index (χ0n) is 18.8. The van der Waals surface area contributed by atoms with Crippen LogP contribution in [0.4, 0.5) is 17.1 Å². The SMILES string of the molecule is CC1(C)CN(C(O)C2CC(=O)N(c3cccc(N)c3)C2)c2cc(Cl)c(Cn3ccnc3)cc21. The van der Waals surface area contributed by atoms with Crippen LogP contribution in [-0.2, 0) is 16.8 Å². The Balaban J connectivity index is 1.41. The lowest BCUT2D eigenvalue weighted by atomic mass is 9.86. The first-order valence-corrected chi connectivity index (χ1v) is 11.5. The summed E-state index contributed by atoms with van der Waals surface area (Å²) in [6.07, 6.45) is 4.92. The fourth-order valence-electron chi connectivity index (χ4n) is 5.05. The highest BCUT2D eigenvalue weighted by Gasteiger charge is 2.43. The molecule has 7 nitrogen and oxygen atoms in total. The number of fused-ring (bicyclic) bond motifs is 1. The summed E-state index contributed by atoms with van der Waals surface area (Å²) in [7, 11) is 0. The number of carbonyl (C=O) groups is 1. The van der Waals surface area contributed by atoms with Crippen LogP contribution in [0.25, 0.3) is 0 Å². The molecule has 0 spiro atoms. The average Bonchev–Trinajstić information content (AvgIpc) is 3.47. The third kappa shape index (κ3) is 3.96. The largest absolute Gasteiger partial charge is 0.399 e. The van der Waals surface area contributed by atoms with Gasteiger partial charge in [0.25, 0.3) is 0 Å². The van der Waals surface area contributed by atoms with Crippen LogP contribution in [0, 0.1) is 5.92 Å². The number of nitrogens with two attached hydrogens (primary N) is 1. The number of anilines is 3.